The molecule has 0 bridgehead atoms. The fraction of sp³-hybridized carbons (Fsp3) is 0.467. The van der Waals surface area contributed by atoms with Crippen LogP contribution in [0.5, 0.6) is 0 Å². The number of amides is 1. The number of hydrogen-bond acceptors (Lipinski definition) is 4. The molecule has 1 N–H and O–H groups in total. The quantitative estimate of drug-likeness (QED) is 0.920. The van der Waals surface area contributed by atoms with Crippen molar-refractivity contribution in [2.45, 2.75) is 19.8 Å². The average Bonchev–Trinajstić information content (AvgIpc) is 2.85. The highest BCUT2D eigenvalue weighted by Crippen LogP contribution is 2.18. The molecule has 1 saturated heterocycles. The van der Waals surface area contributed by atoms with Crippen LogP contribution in [0, 0.1) is 6.92 Å². The van der Waals surface area contributed by atoms with E-state index in [2.05, 4.69) is 10.3 Å². The van der Waals surface area contributed by atoms with Crippen molar-refractivity contribution in [3.8, 4) is 0 Å². The maximum Gasteiger partial charge on any atom is 0.222 e. The molecule has 0 saturated carbocycles. The third kappa shape index (κ3) is 2.82. The van der Waals surface area contributed by atoms with Crippen LogP contribution in [0.2, 0.25) is 0 Å². The van der Waals surface area contributed by atoms with Crippen molar-refractivity contribution in [3.05, 3.63) is 29.7 Å². The van der Waals surface area contributed by atoms with Crippen molar-refractivity contribution in [2.24, 2.45) is 0 Å². The summed E-state index contributed by atoms with van der Waals surface area (Å²) >= 11 is 0. The van der Waals surface area contributed by atoms with Crippen LogP contribution in [-0.2, 0) is 11.2 Å². The van der Waals surface area contributed by atoms with E-state index in [-0.39, 0.29) is 5.91 Å². The zero-order valence-corrected chi connectivity index (χ0v) is 11.7. The number of fused-ring (bicyclic) bond motifs is 1. The molecule has 1 amide bonds. The van der Waals surface area contributed by atoms with Gasteiger partial charge in [0.25, 0.3) is 0 Å². The molecule has 0 unspecified atom stereocenters. The van der Waals surface area contributed by atoms with Crippen molar-refractivity contribution in [2.75, 3.05) is 26.2 Å². The summed E-state index contributed by atoms with van der Waals surface area (Å²) < 4.78 is 5.52. The van der Waals surface area contributed by atoms with E-state index in [0.29, 0.717) is 12.3 Å². The fourth-order valence-corrected chi connectivity index (χ4v) is 2.56. The minimum absolute atomic E-state index is 0.236. The Bertz CT molecular complexity index is 615. The minimum atomic E-state index is 0.236. The zero-order chi connectivity index (χ0) is 13.9. The van der Waals surface area contributed by atoms with Gasteiger partial charge in [0.2, 0.25) is 5.91 Å². The van der Waals surface area contributed by atoms with E-state index in [1.165, 1.54) is 0 Å². The monoisotopic (exact) mass is 273 g/mol. The number of piperazine rings is 1. The van der Waals surface area contributed by atoms with Gasteiger partial charge in [-0.2, -0.15) is 0 Å². The lowest BCUT2D eigenvalue weighted by molar-refractivity contribution is -0.131. The Hall–Kier alpha value is -1.88. The molecule has 1 aliphatic rings. The number of rotatable bonds is 3. The smallest absolute Gasteiger partial charge is 0.222 e. The molecule has 0 spiro atoms. The summed E-state index contributed by atoms with van der Waals surface area (Å²) in [6, 6.07) is 5.96. The molecule has 3 rings (SSSR count). The number of carbonyl (C=O) groups excluding carboxylic acids is 1. The van der Waals surface area contributed by atoms with Gasteiger partial charge in [-0.1, -0.05) is 6.07 Å². The van der Waals surface area contributed by atoms with Gasteiger partial charge in [0, 0.05) is 39.5 Å². The standard InChI is InChI=1S/C15H19N3O2/c1-11-17-13-4-2-12(10-14(13)20-11)3-5-15(19)18-8-6-16-7-9-18/h2,4,10,16H,3,5-9H2,1H3. The van der Waals surface area contributed by atoms with Gasteiger partial charge >= 0.3 is 0 Å². The van der Waals surface area contributed by atoms with Crippen LogP contribution in [0.15, 0.2) is 22.6 Å². The second kappa shape index (κ2) is 5.63. The first-order chi connectivity index (χ1) is 9.72. The minimum Gasteiger partial charge on any atom is -0.441 e. The number of aryl methyl sites for hydroxylation is 2. The molecule has 0 radical (unpaired) electrons. The molecule has 106 valence electrons. The molecule has 1 fully saturated rings. The van der Waals surface area contributed by atoms with Crippen molar-refractivity contribution < 1.29 is 9.21 Å². The van der Waals surface area contributed by atoms with Crippen molar-refractivity contribution in [3.63, 3.8) is 0 Å². The predicted octanol–water partition coefficient (Wildman–Crippen LogP) is 1.50. The summed E-state index contributed by atoms with van der Waals surface area (Å²) in [6.45, 7) is 5.27. The van der Waals surface area contributed by atoms with E-state index in [1.807, 2.05) is 30.0 Å². The van der Waals surface area contributed by atoms with Gasteiger partial charge in [0.1, 0.15) is 5.52 Å². The average molecular weight is 273 g/mol. The SMILES string of the molecule is Cc1nc2ccc(CCC(=O)N3CCNCC3)cc2o1. The largest absolute Gasteiger partial charge is 0.441 e. The first-order valence-corrected chi connectivity index (χ1v) is 7.07. The molecule has 5 heteroatoms. The second-order valence-corrected chi connectivity index (χ2v) is 5.17. The van der Waals surface area contributed by atoms with Crippen LogP contribution in [-0.4, -0.2) is 42.0 Å². The Morgan fingerprint density at radius 3 is 3.00 bits per heavy atom. The van der Waals surface area contributed by atoms with Gasteiger partial charge in [-0.15, -0.1) is 0 Å². The molecule has 20 heavy (non-hydrogen) atoms. The maximum absolute atomic E-state index is 12.1. The summed E-state index contributed by atoms with van der Waals surface area (Å²) in [5.41, 5.74) is 2.80. The summed E-state index contributed by atoms with van der Waals surface area (Å²) in [5.74, 6) is 0.911. The van der Waals surface area contributed by atoms with Crippen molar-refractivity contribution in [1.82, 2.24) is 15.2 Å². The first kappa shape index (κ1) is 13.1. The topological polar surface area (TPSA) is 58.4 Å². The molecule has 5 nitrogen and oxygen atoms in total. The second-order valence-electron chi connectivity index (χ2n) is 5.17. The maximum atomic E-state index is 12.1. The number of nitrogens with one attached hydrogen (secondary N) is 1. The number of carbonyl (C=O) groups is 1. The third-order valence-electron chi connectivity index (χ3n) is 3.66. The van der Waals surface area contributed by atoms with E-state index in [0.717, 1.165) is 49.3 Å². The Morgan fingerprint density at radius 2 is 2.20 bits per heavy atom. The van der Waals surface area contributed by atoms with Crippen LogP contribution in [0.3, 0.4) is 0 Å². The summed E-state index contributed by atoms with van der Waals surface area (Å²) in [7, 11) is 0. The van der Waals surface area contributed by atoms with Crippen LogP contribution in [0.1, 0.15) is 17.9 Å². The highest BCUT2D eigenvalue weighted by atomic mass is 16.3. The van der Waals surface area contributed by atoms with E-state index >= 15 is 0 Å². The van der Waals surface area contributed by atoms with Gasteiger partial charge in [-0.05, 0) is 24.1 Å². The summed E-state index contributed by atoms with van der Waals surface area (Å²) in [4.78, 5) is 18.3. The molecule has 2 aromatic rings. The van der Waals surface area contributed by atoms with Crippen LogP contribution >= 0.6 is 0 Å². The predicted molar refractivity (Wildman–Crippen MR) is 76.5 cm³/mol. The molecular weight excluding hydrogens is 254 g/mol. The van der Waals surface area contributed by atoms with Gasteiger partial charge in [-0.25, -0.2) is 4.98 Å². The van der Waals surface area contributed by atoms with Gasteiger partial charge < -0.3 is 14.6 Å². The lowest BCUT2D eigenvalue weighted by Crippen LogP contribution is -2.46. The number of oxazole rings is 1. The van der Waals surface area contributed by atoms with Gasteiger partial charge in [0.15, 0.2) is 11.5 Å². The van der Waals surface area contributed by atoms with Crippen LogP contribution in [0.25, 0.3) is 11.1 Å². The third-order valence-corrected chi connectivity index (χ3v) is 3.66. The Balaban J connectivity index is 1.62. The Kier molecular flexibility index (Phi) is 3.69. The molecule has 0 aliphatic carbocycles. The lowest BCUT2D eigenvalue weighted by atomic mass is 10.1. The van der Waals surface area contributed by atoms with Crippen molar-refractivity contribution in [1.29, 1.82) is 0 Å². The summed E-state index contributed by atoms with van der Waals surface area (Å²) in [6.07, 6.45) is 1.30. The fourth-order valence-electron chi connectivity index (χ4n) is 2.56. The molecule has 0 atom stereocenters. The zero-order valence-electron chi connectivity index (χ0n) is 11.7. The molecule has 1 aromatic heterocycles. The van der Waals surface area contributed by atoms with Crippen molar-refractivity contribution >= 4 is 17.0 Å². The van der Waals surface area contributed by atoms with E-state index in [4.69, 9.17) is 4.42 Å². The normalized spacial score (nSPS) is 15.8. The van der Waals surface area contributed by atoms with Gasteiger partial charge in [0.05, 0.1) is 0 Å². The number of hydrogen-bond donors (Lipinski definition) is 1. The number of aromatic nitrogens is 1. The number of nitrogens with zero attached hydrogens (tertiary/aromatic N) is 2. The molecule has 1 aliphatic heterocycles. The highest BCUT2D eigenvalue weighted by molar-refractivity contribution is 5.77. The van der Waals surface area contributed by atoms with E-state index < -0.39 is 0 Å². The molecule has 2 heterocycles. The molecular formula is C15H19N3O2. The molecule has 1 aromatic carbocycles. The Labute approximate surface area is 118 Å². The first-order valence-electron chi connectivity index (χ1n) is 7.07. The summed E-state index contributed by atoms with van der Waals surface area (Å²) in [5, 5.41) is 3.25. The number of benzene rings is 1. The Morgan fingerprint density at radius 1 is 1.40 bits per heavy atom. The van der Waals surface area contributed by atoms with E-state index in [1.54, 1.807) is 0 Å². The lowest BCUT2D eigenvalue weighted by Gasteiger charge is -2.27. The highest BCUT2D eigenvalue weighted by Gasteiger charge is 2.15. The van der Waals surface area contributed by atoms with E-state index in [9.17, 15) is 4.79 Å². The van der Waals surface area contributed by atoms with Crippen LogP contribution in [0.4, 0.5) is 0 Å². The van der Waals surface area contributed by atoms with Gasteiger partial charge in [-0.3, -0.25) is 4.79 Å². The van der Waals surface area contributed by atoms with Crippen LogP contribution < -0.4 is 5.32 Å².